The summed E-state index contributed by atoms with van der Waals surface area (Å²) < 4.78 is 4.97. The molecule has 0 radical (unpaired) electrons. The van der Waals surface area contributed by atoms with Crippen molar-refractivity contribution in [1.82, 2.24) is 0 Å². The van der Waals surface area contributed by atoms with Gasteiger partial charge in [-0.2, -0.15) is 0 Å². The molecule has 0 heterocycles. The Kier molecular flexibility index (Phi) is 3.97. The number of aldehydes is 1. The van der Waals surface area contributed by atoms with Crippen molar-refractivity contribution in [3.05, 3.63) is 23.3 Å². The fourth-order valence-electron chi connectivity index (χ4n) is 3.01. The maximum atomic E-state index is 11.8. The molecule has 0 atom stereocenters. The molecule has 0 amide bonds. The number of benzene rings is 1. The third kappa shape index (κ3) is 2.24. The van der Waals surface area contributed by atoms with Gasteiger partial charge >= 0.3 is 5.97 Å². The van der Waals surface area contributed by atoms with E-state index in [1.807, 2.05) is 0 Å². The van der Waals surface area contributed by atoms with Crippen LogP contribution in [-0.2, 0) is 10.2 Å². The molecule has 1 saturated carbocycles. The first kappa shape index (κ1) is 14.4. The monoisotopic (exact) mass is 278 g/mol. The number of aromatic hydroxyl groups is 1. The second kappa shape index (κ2) is 5.53. The summed E-state index contributed by atoms with van der Waals surface area (Å²) in [6.07, 6.45) is 4.18. The highest BCUT2D eigenvalue weighted by molar-refractivity contribution is 5.88. The summed E-state index contributed by atoms with van der Waals surface area (Å²) in [4.78, 5) is 23.1. The molecule has 20 heavy (non-hydrogen) atoms. The molecule has 1 aliphatic carbocycles. The quantitative estimate of drug-likeness (QED) is 0.827. The molecule has 1 aromatic carbocycles. The number of carboxylic acids is 1. The first-order chi connectivity index (χ1) is 9.55. The Labute approximate surface area is 117 Å². The van der Waals surface area contributed by atoms with E-state index >= 15 is 0 Å². The predicted molar refractivity (Wildman–Crippen MR) is 72.4 cm³/mol. The minimum Gasteiger partial charge on any atom is -0.504 e. The van der Waals surface area contributed by atoms with E-state index in [9.17, 15) is 19.8 Å². The van der Waals surface area contributed by atoms with Crippen LogP contribution in [0.5, 0.6) is 11.5 Å². The van der Waals surface area contributed by atoms with Gasteiger partial charge in [-0.1, -0.05) is 19.3 Å². The summed E-state index contributed by atoms with van der Waals surface area (Å²) in [6, 6.07) is 2.76. The molecule has 5 heteroatoms. The number of phenolic OH excluding ortho intramolecular Hbond substituents is 1. The van der Waals surface area contributed by atoms with Crippen molar-refractivity contribution < 1.29 is 24.5 Å². The topological polar surface area (TPSA) is 83.8 Å². The molecule has 0 aromatic heterocycles. The molecule has 1 aliphatic rings. The number of hydrogen-bond acceptors (Lipinski definition) is 4. The first-order valence-corrected chi connectivity index (χ1v) is 6.65. The van der Waals surface area contributed by atoms with E-state index in [-0.39, 0.29) is 17.1 Å². The number of methoxy groups -OCH3 is 1. The van der Waals surface area contributed by atoms with Crippen molar-refractivity contribution in [2.75, 3.05) is 7.11 Å². The highest BCUT2D eigenvalue weighted by Crippen LogP contribution is 2.43. The van der Waals surface area contributed by atoms with Crippen molar-refractivity contribution in [3.63, 3.8) is 0 Å². The van der Waals surface area contributed by atoms with Crippen LogP contribution in [0.25, 0.3) is 0 Å². The summed E-state index contributed by atoms with van der Waals surface area (Å²) >= 11 is 0. The van der Waals surface area contributed by atoms with Crippen molar-refractivity contribution in [2.45, 2.75) is 37.5 Å². The second-order valence-electron chi connectivity index (χ2n) is 5.18. The van der Waals surface area contributed by atoms with Gasteiger partial charge in [0.25, 0.3) is 0 Å². The molecule has 5 nitrogen and oxygen atoms in total. The maximum Gasteiger partial charge on any atom is 0.314 e. The van der Waals surface area contributed by atoms with Crippen LogP contribution >= 0.6 is 0 Å². The maximum absolute atomic E-state index is 11.8. The molecular weight excluding hydrogens is 260 g/mol. The Morgan fingerprint density at radius 1 is 1.30 bits per heavy atom. The molecule has 108 valence electrons. The minimum atomic E-state index is -1.09. The van der Waals surface area contributed by atoms with E-state index in [1.165, 1.54) is 19.2 Å². The molecular formula is C15H18O5. The van der Waals surface area contributed by atoms with Crippen LogP contribution in [0.3, 0.4) is 0 Å². The molecule has 2 N–H and O–H groups in total. The summed E-state index contributed by atoms with van der Waals surface area (Å²) in [6.45, 7) is 0. The molecule has 1 aromatic rings. The molecule has 0 bridgehead atoms. The summed E-state index contributed by atoms with van der Waals surface area (Å²) in [7, 11) is 1.39. The average Bonchev–Trinajstić information content (AvgIpc) is 2.47. The summed E-state index contributed by atoms with van der Waals surface area (Å²) in [5, 5.41) is 19.6. The summed E-state index contributed by atoms with van der Waals surface area (Å²) in [5.41, 5.74) is -0.430. The van der Waals surface area contributed by atoms with Gasteiger partial charge in [-0.3, -0.25) is 9.59 Å². The molecule has 2 rings (SSSR count). The Balaban J connectivity index is 2.61. The minimum absolute atomic E-state index is 0.140. The Morgan fingerprint density at radius 2 is 1.95 bits per heavy atom. The molecule has 1 fully saturated rings. The van der Waals surface area contributed by atoms with Gasteiger partial charge in [-0.05, 0) is 30.5 Å². The lowest BCUT2D eigenvalue weighted by Gasteiger charge is -2.34. The first-order valence-electron chi connectivity index (χ1n) is 6.65. The van der Waals surface area contributed by atoms with Gasteiger partial charge in [0.15, 0.2) is 17.8 Å². The fourth-order valence-corrected chi connectivity index (χ4v) is 3.01. The van der Waals surface area contributed by atoms with Crippen molar-refractivity contribution in [1.29, 1.82) is 0 Å². The zero-order valence-corrected chi connectivity index (χ0v) is 11.4. The standard InChI is InChI=1S/C15H18O5/c1-20-13-7-10(9-16)11(8-12(13)17)15(14(18)19)5-3-2-4-6-15/h7-9,17H,2-6H2,1H3,(H,18,19). The Bertz CT molecular complexity index is 529. The number of carbonyl (C=O) groups is 2. The van der Waals surface area contributed by atoms with E-state index in [4.69, 9.17) is 4.74 Å². The van der Waals surface area contributed by atoms with Gasteiger partial charge in [0.05, 0.1) is 12.5 Å². The number of carboxylic acid groups (broad SMARTS) is 1. The third-order valence-corrected chi connectivity index (χ3v) is 4.11. The third-order valence-electron chi connectivity index (χ3n) is 4.11. The van der Waals surface area contributed by atoms with Crippen LogP contribution in [0, 0.1) is 0 Å². The van der Waals surface area contributed by atoms with E-state index < -0.39 is 11.4 Å². The normalized spacial score (nSPS) is 17.4. The van der Waals surface area contributed by atoms with E-state index in [0.29, 0.717) is 24.7 Å². The molecule has 0 unspecified atom stereocenters. The van der Waals surface area contributed by atoms with Gasteiger partial charge in [0.2, 0.25) is 0 Å². The van der Waals surface area contributed by atoms with Crippen molar-refractivity contribution in [2.24, 2.45) is 0 Å². The van der Waals surface area contributed by atoms with Gasteiger partial charge in [-0.15, -0.1) is 0 Å². The zero-order chi connectivity index (χ0) is 14.8. The highest BCUT2D eigenvalue weighted by Gasteiger charge is 2.43. The number of carbonyl (C=O) groups excluding carboxylic acids is 1. The van der Waals surface area contributed by atoms with Crippen LogP contribution in [0.1, 0.15) is 48.0 Å². The lowest BCUT2D eigenvalue weighted by Crippen LogP contribution is -2.38. The van der Waals surface area contributed by atoms with Gasteiger partial charge < -0.3 is 14.9 Å². The van der Waals surface area contributed by atoms with E-state index in [0.717, 1.165) is 19.3 Å². The molecule has 0 aliphatic heterocycles. The van der Waals surface area contributed by atoms with Crippen LogP contribution < -0.4 is 4.74 Å². The van der Waals surface area contributed by atoms with Crippen LogP contribution in [0.15, 0.2) is 12.1 Å². The van der Waals surface area contributed by atoms with Gasteiger partial charge in [-0.25, -0.2) is 0 Å². The second-order valence-corrected chi connectivity index (χ2v) is 5.18. The van der Waals surface area contributed by atoms with Gasteiger partial charge in [0.1, 0.15) is 0 Å². The lowest BCUT2D eigenvalue weighted by molar-refractivity contribution is -0.145. The lowest BCUT2D eigenvalue weighted by atomic mass is 9.68. The smallest absolute Gasteiger partial charge is 0.314 e. The Morgan fingerprint density at radius 3 is 2.45 bits per heavy atom. The SMILES string of the molecule is COc1cc(C=O)c(C2(C(=O)O)CCCCC2)cc1O. The molecule has 0 saturated heterocycles. The van der Waals surface area contributed by atoms with Crippen LogP contribution in [0.2, 0.25) is 0 Å². The van der Waals surface area contributed by atoms with E-state index in [2.05, 4.69) is 0 Å². The Hall–Kier alpha value is -2.04. The van der Waals surface area contributed by atoms with E-state index in [1.54, 1.807) is 0 Å². The largest absolute Gasteiger partial charge is 0.504 e. The van der Waals surface area contributed by atoms with Gasteiger partial charge in [0, 0.05) is 5.56 Å². The average molecular weight is 278 g/mol. The number of aliphatic carboxylic acids is 1. The van der Waals surface area contributed by atoms with Crippen molar-refractivity contribution in [3.8, 4) is 11.5 Å². The fraction of sp³-hybridized carbons (Fsp3) is 0.467. The number of phenols is 1. The number of ether oxygens (including phenoxy) is 1. The summed E-state index contributed by atoms with van der Waals surface area (Å²) in [5.74, 6) is -0.906. The highest BCUT2D eigenvalue weighted by atomic mass is 16.5. The van der Waals surface area contributed by atoms with Crippen LogP contribution in [-0.4, -0.2) is 29.6 Å². The zero-order valence-electron chi connectivity index (χ0n) is 11.4. The number of rotatable bonds is 4. The predicted octanol–water partition coefficient (Wildman–Crippen LogP) is 2.50. The number of hydrogen-bond donors (Lipinski definition) is 2. The van der Waals surface area contributed by atoms with Crippen molar-refractivity contribution >= 4 is 12.3 Å². The van der Waals surface area contributed by atoms with Crippen LogP contribution in [0.4, 0.5) is 0 Å². The molecule has 0 spiro atoms.